The van der Waals surface area contributed by atoms with Crippen LogP contribution in [0.1, 0.15) is 17.4 Å². The Morgan fingerprint density at radius 2 is 2.05 bits per heavy atom. The molecule has 1 atom stereocenters. The molecule has 2 aromatic rings. The Hall–Kier alpha value is -2.01. The van der Waals surface area contributed by atoms with Crippen molar-refractivity contribution < 1.29 is 9.53 Å². The molecule has 0 bridgehead atoms. The number of rotatable bonds is 7. The first-order chi connectivity index (χ1) is 10.7. The number of urea groups is 1. The van der Waals surface area contributed by atoms with Gasteiger partial charge < -0.3 is 15.4 Å². The van der Waals surface area contributed by atoms with Gasteiger partial charge in [0.25, 0.3) is 0 Å². The number of thiophene rings is 1. The number of nitrogens with one attached hydrogen (secondary N) is 2. The number of methoxy groups -OCH3 is 1. The zero-order valence-corrected chi connectivity index (χ0v) is 13.8. The summed E-state index contributed by atoms with van der Waals surface area (Å²) in [5, 5.41) is 7.90. The van der Waals surface area contributed by atoms with Crippen LogP contribution < -0.4 is 15.4 Å². The van der Waals surface area contributed by atoms with Crippen molar-refractivity contribution >= 4 is 17.4 Å². The monoisotopic (exact) mass is 318 g/mol. The van der Waals surface area contributed by atoms with E-state index in [0.717, 1.165) is 18.6 Å². The van der Waals surface area contributed by atoms with Gasteiger partial charge in [-0.25, -0.2) is 4.79 Å². The number of carbonyl (C=O) groups is 1. The lowest BCUT2D eigenvalue weighted by atomic mass is 10.1. The minimum Gasteiger partial charge on any atom is -0.497 e. The van der Waals surface area contributed by atoms with E-state index in [1.807, 2.05) is 37.3 Å². The van der Waals surface area contributed by atoms with Gasteiger partial charge in [0.1, 0.15) is 5.75 Å². The smallest absolute Gasteiger partial charge is 0.315 e. The van der Waals surface area contributed by atoms with E-state index in [-0.39, 0.29) is 12.1 Å². The Morgan fingerprint density at radius 3 is 2.68 bits per heavy atom. The topological polar surface area (TPSA) is 50.4 Å². The highest BCUT2D eigenvalue weighted by atomic mass is 32.1. The van der Waals surface area contributed by atoms with Crippen LogP contribution in [0.4, 0.5) is 4.79 Å². The van der Waals surface area contributed by atoms with Crippen LogP contribution in [0, 0.1) is 0 Å². The molecule has 0 saturated carbocycles. The molecule has 2 rings (SSSR count). The molecule has 2 N–H and O–H groups in total. The van der Waals surface area contributed by atoms with Crippen LogP contribution in [0.5, 0.6) is 5.75 Å². The predicted molar refractivity (Wildman–Crippen MR) is 90.7 cm³/mol. The average Bonchev–Trinajstić information content (AvgIpc) is 3.00. The zero-order chi connectivity index (χ0) is 15.8. The molecule has 0 radical (unpaired) electrons. The van der Waals surface area contributed by atoms with E-state index in [4.69, 9.17) is 4.74 Å². The molecule has 5 heteroatoms. The van der Waals surface area contributed by atoms with Crippen LogP contribution >= 0.6 is 11.3 Å². The van der Waals surface area contributed by atoms with Gasteiger partial charge in [-0.1, -0.05) is 18.2 Å². The van der Waals surface area contributed by atoms with Gasteiger partial charge in [-0.3, -0.25) is 0 Å². The van der Waals surface area contributed by atoms with Crippen molar-refractivity contribution in [3.05, 3.63) is 52.2 Å². The number of ether oxygens (including phenoxy) is 1. The van der Waals surface area contributed by atoms with Crippen LogP contribution in [0.2, 0.25) is 0 Å². The number of amides is 2. The lowest BCUT2D eigenvalue weighted by molar-refractivity contribution is 0.238. The average molecular weight is 318 g/mol. The number of carbonyl (C=O) groups excluding carboxylic acids is 1. The summed E-state index contributed by atoms with van der Waals surface area (Å²) in [5.41, 5.74) is 1.17. The van der Waals surface area contributed by atoms with Crippen molar-refractivity contribution in [2.24, 2.45) is 0 Å². The highest BCUT2D eigenvalue weighted by molar-refractivity contribution is 7.09. The molecule has 0 spiro atoms. The Labute approximate surface area is 135 Å². The van der Waals surface area contributed by atoms with Gasteiger partial charge in [0.05, 0.1) is 7.11 Å². The van der Waals surface area contributed by atoms with Gasteiger partial charge in [-0.15, -0.1) is 11.3 Å². The van der Waals surface area contributed by atoms with Crippen LogP contribution in [-0.4, -0.2) is 25.7 Å². The Kier molecular flexibility index (Phi) is 6.27. The molecule has 4 nitrogen and oxygen atoms in total. The molecule has 0 aliphatic rings. The van der Waals surface area contributed by atoms with E-state index >= 15 is 0 Å². The van der Waals surface area contributed by atoms with Crippen molar-refractivity contribution in [1.82, 2.24) is 10.6 Å². The summed E-state index contributed by atoms with van der Waals surface area (Å²) in [6.07, 6.45) is 1.67. The SMILES string of the molecule is COc1ccc(CCNC(=O)NC(C)Cc2cccs2)cc1. The van der Waals surface area contributed by atoms with Crippen LogP contribution in [-0.2, 0) is 12.8 Å². The van der Waals surface area contributed by atoms with Crippen LogP contribution in [0.15, 0.2) is 41.8 Å². The Balaban J connectivity index is 1.66. The summed E-state index contributed by atoms with van der Waals surface area (Å²) < 4.78 is 5.12. The van der Waals surface area contributed by atoms with Crippen molar-refractivity contribution in [2.75, 3.05) is 13.7 Å². The maximum atomic E-state index is 11.8. The lowest BCUT2D eigenvalue weighted by Crippen LogP contribution is -2.42. The third-order valence-corrected chi connectivity index (χ3v) is 4.22. The number of hydrogen-bond acceptors (Lipinski definition) is 3. The summed E-state index contributed by atoms with van der Waals surface area (Å²) in [6, 6.07) is 12.0. The highest BCUT2D eigenvalue weighted by Gasteiger charge is 2.08. The summed E-state index contributed by atoms with van der Waals surface area (Å²) in [4.78, 5) is 13.1. The maximum Gasteiger partial charge on any atom is 0.315 e. The van der Waals surface area contributed by atoms with E-state index in [1.165, 1.54) is 10.4 Å². The van der Waals surface area contributed by atoms with Gasteiger partial charge in [-0.05, 0) is 42.5 Å². The summed E-state index contributed by atoms with van der Waals surface area (Å²) in [5.74, 6) is 0.844. The molecule has 1 aromatic heterocycles. The summed E-state index contributed by atoms with van der Waals surface area (Å²) in [6.45, 7) is 2.63. The highest BCUT2D eigenvalue weighted by Crippen LogP contribution is 2.12. The van der Waals surface area contributed by atoms with Gasteiger partial charge in [-0.2, -0.15) is 0 Å². The normalized spacial score (nSPS) is 11.7. The first-order valence-corrected chi connectivity index (χ1v) is 8.25. The second-order valence-corrected chi connectivity index (χ2v) is 6.22. The van der Waals surface area contributed by atoms with Crippen molar-refractivity contribution in [2.45, 2.75) is 25.8 Å². The molecular weight excluding hydrogens is 296 g/mol. The fourth-order valence-electron chi connectivity index (χ4n) is 2.17. The number of hydrogen-bond donors (Lipinski definition) is 2. The molecular formula is C17H22N2O2S. The first kappa shape index (κ1) is 16.4. The quantitative estimate of drug-likeness (QED) is 0.823. The molecule has 0 aliphatic heterocycles. The van der Waals surface area contributed by atoms with Gasteiger partial charge in [0.15, 0.2) is 0 Å². The molecule has 118 valence electrons. The fraction of sp³-hybridized carbons (Fsp3) is 0.353. The first-order valence-electron chi connectivity index (χ1n) is 7.37. The second kappa shape index (κ2) is 8.44. The van der Waals surface area contributed by atoms with Crippen molar-refractivity contribution in [1.29, 1.82) is 0 Å². The second-order valence-electron chi connectivity index (χ2n) is 5.18. The van der Waals surface area contributed by atoms with E-state index in [9.17, 15) is 4.79 Å². The van der Waals surface area contributed by atoms with Gasteiger partial charge in [0, 0.05) is 23.9 Å². The maximum absolute atomic E-state index is 11.8. The molecule has 1 unspecified atom stereocenters. The van der Waals surface area contributed by atoms with E-state index in [1.54, 1.807) is 18.4 Å². The number of benzene rings is 1. The molecule has 0 fully saturated rings. The molecule has 0 saturated heterocycles. The van der Waals surface area contributed by atoms with E-state index in [0.29, 0.717) is 6.54 Å². The molecule has 1 aromatic carbocycles. The molecule has 2 amide bonds. The van der Waals surface area contributed by atoms with Crippen LogP contribution in [0.25, 0.3) is 0 Å². The van der Waals surface area contributed by atoms with E-state index < -0.39 is 0 Å². The van der Waals surface area contributed by atoms with Crippen molar-refractivity contribution in [3.63, 3.8) is 0 Å². The fourth-order valence-corrected chi connectivity index (χ4v) is 3.00. The largest absolute Gasteiger partial charge is 0.497 e. The predicted octanol–water partition coefficient (Wildman–Crippen LogP) is 3.23. The summed E-state index contributed by atoms with van der Waals surface area (Å²) >= 11 is 1.71. The minimum absolute atomic E-state index is 0.113. The third-order valence-electron chi connectivity index (χ3n) is 3.32. The van der Waals surface area contributed by atoms with Gasteiger partial charge in [0.2, 0.25) is 0 Å². The standard InChI is InChI=1S/C17H22N2O2S/c1-13(12-16-4-3-11-22-16)19-17(20)18-10-9-14-5-7-15(21-2)8-6-14/h3-8,11,13H,9-10,12H2,1-2H3,(H2,18,19,20). The Morgan fingerprint density at radius 1 is 1.27 bits per heavy atom. The van der Waals surface area contributed by atoms with Gasteiger partial charge >= 0.3 is 6.03 Å². The van der Waals surface area contributed by atoms with Crippen LogP contribution in [0.3, 0.4) is 0 Å². The molecule has 0 aliphatic carbocycles. The molecule has 22 heavy (non-hydrogen) atoms. The minimum atomic E-state index is -0.113. The van der Waals surface area contributed by atoms with Crippen molar-refractivity contribution in [3.8, 4) is 5.75 Å². The lowest BCUT2D eigenvalue weighted by Gasteiger charge is -2.14. The zero-order valence-electron chi connectivity index (χ0n) is 13.0. The van der Waals surface area contributed by atoms with E-state index in [2.05, 4.69) is 22.1 Å². The molecule has 1 heterocycles. The Bertz CT molecular complexity index is 567. The summed E-state index contributed by atoms with van der Waals surface area (Å²) in [7, 11) is 1.65. The third kappa shape index (κ3) is 5.41.